The number of amides is 1. The van der Waals surface area contributed by atoms with Crippen LogP contribution < -0.4 is 5.32 Å². The van der Waals surface area contributed by atoms with Gasteiger partial charge in [0.2, 0.25) is 0 Å². The van der Waals surface area contributed by atoms with Gasteiger partial charge >= 0.3 is 0 Å². The third kappa shape index (κ3) is 4.85. The van der Waals surface area contributed by atoms with E-state index in [-0.39, 0.29) is 17.7 Å². The monoisotopic (exact) mass is 513 g/mol. The van der Waals surface area contributed by atoms with Gasteiger partial charge in [0, 0.05) is 29.4 Å². The maximum atomic E-state index is 13.4. The van der Waals surface area contributed by atoms with Crippen molar-refractivity contribution in [1.82, 2.24) is 5.32 Å². The number of phenols is 1. The molecule has 1 heterocycles. The van der Waals surface area contributed by atoms with Gasteiger partial charge in [-0.05, 0) is 65.9 Å². The number of carbonyl (C=O) groups is 1. The highest BCUT2D eigenvalue weighted by Crippen LogP contribution is 2.53. The standard InChI is InChI=1S/C33H40N2O3/c1-4-17-35(22-24(2)3)18-16-32(28-10-7-11-30(36)20-28)21-29(14-15-33(32,38)23-35)34-31(37)27-13-12-25-8-5-6-9-26(25)19-27/h4-13,19-20,24,29,38H,1,14-18,21-23H2,2-3H3,(H-,34,36,37)/p+1/t29-,32+,33?,35-/m0/s1. The molecule has 0 spiro atoms. The van der Waals surface area contributed by atoms with Gasteiger partial charge in [0.15, 0.2) is 0 Å². The molecule has 2 fully saturated rings. The second-order valence-electron chi connectivity index (χ2n) is 12.2. The Balaban J connectivity index is 1.45. The van der Waals surface area contributed by atoms with Crippen molar-refractivity contribution in [3.05, 3.63) is 90.5 Å². The first-order chi connectivity index (χ1) is 18.2. The summed E-state index contributed by atoms with van der Waals surface area (Å²) in [6, 6.07) is 21.2. The number of piperidine rings is 1. The zero-order valence-corrected chi connectivity index (χ0v) is 22.7. The Hall–Kier alpha value is -3.15. The number of fused-ring (bicyclic) bond motifs is 2. The number of likely N-dealkylation sites (tertiary alicyclic amines) is 1. The van der Waals surface area contributed by atoms with Crippen LogP contribution in [0.3, 0.4) is 0 Å². The summed E-state index contributed by atoms with van der Waals surface area (Å²) in [5, 5.41) is 28.4. The van der Waals surface area contributed by atoms with Gasteiger partial charge in [0.25, 0.3) is 5.91 Å². The molecule has 0 bridgehead atoms. The van der Waals surface area contributed by atoms with Crippen LogP contribution in [0.1, 0.15) is 55.5 Å². The Morgan fingerprint density at radius 2 is 1.89 bits per heavy atom. The van der Waals surface area contributed by atoms with E-state index in [1.54, 1.807) is 6.07 Å². The van der Waals surface area contributed by atoms with Gasteiger partial charge in [-0.15, -0.1) is 0 Å². The predicted molar refractivity (Wildman–Crippen MR) is 153 cm³/mol. The maximum Gasteiger partial charge on any atom is 0.251 e. The Labute approximate surface area is 226 Å². The normalized spacial score (nSPS) is 29.1. The van der Waals surface area contributed by atoms with Crippen LogP contribution in [0.4, 0.5) is 0 Å². The van der Waals surface area contributed by atoms with Gasteiger partial charge < -0.3 is 20.0 Å². The molecule has 3 N–H and O–H groups in total. The van der Waals surface area contributed by atoms with E-state index < -0.39 is 11.0 Å². The lowest BCUT2D eigenvalue weighted by Gasteiger charge is -2.60. The van der Waals surface area contributed by atoms with Crippen molar-refractivity contribution in [2.24, 2.45) is 5.92 Å². The zero-order chi connectivity index (χ0) is 27.0. The summed E-state index contributed by atoms with van der Waals surface area (Å²) in [4.78, 5) is 13.4. The first kappa shape index (κ1) is 26.5. The Bertz CT molecular complexity index is 1340. The number of nitrogens with zero attached hydrogens (tertiary/aromatic N) is 1. The predicted octanol–water partition coefficient (Wildman–Crippen LogP) is 5.56. The minimum Gasteiger partial charge on any atom is -0.508 e. The summed E-state index contributed by atoms with van der Waals surface area (Å²) in [5.74, 6) is 0.634. The smallest absolute Gasteiger partial charge is 0.251 e. The van der Waals surface area contributed by atoms with E-state index in [0.29, 0.717) is 37.3 Å². The molecule has 5 rings (SSSR count). The largest absolute Gasteiger partial charge is 0.508 e. The van der Waals surface area contributed by atoms with Crippen LogP contribution in [-0.2, 0) is 5.41 Å². The Kier molecular flexibility index (Phi) is 7.10. The van der Waals surface area contributed by atoms with Crippen molar-refractivity contribution in [2.45, 2.75) is 56.6 Å². The maximum absolute atomic E-state index is 13.4. The van der Waals surface area contributed by atoms with Gasteiger partial charge in [-0.3, -0.25) is 4.79 Å². The molecule has 1 saturated carbocycles. The third-order valence-corrected chi connectivity index (χ3v) is 9.02. The number of aromatic hydroxyl groups is 1. The SMILES string of the molecule is C=CC[N@@+]1(CC(C)C)CC[C@]2(c3cccc(O)c3)C[C@@H](NC(=O)c3ccc4ccccc4c3)CCC2(O)C1. The van der Waals surface area contributed by atoms with Crippen LogP contribution >= 0.6 is 0 Å². The van der Waals surface area contributed by atoms with Gasteiger partial charge in [-0.25, -0.2) is 0 Å². The highest BCUT2D eigenvalue weighted by atomic mass is 16.3. The number of phenolic OH excluding ortho intramolecular Hbond substituents is 1. The summed E-state index contributed by atoms with van der Waals surface area (Å²) in [6.07, 6.45) is 4.73. The topological polar surface area (TPSA) is 69.6 Å². The van der Waals surface area contributed by atoms with Gasteiger partial charge in [0.1, 0.15) is 17.9 Å². The number of hydrogen-bond donors (Lipinski definition) is 3. The lowest BCUT2D eigenvalue weighted by molar-refractivity contribution is -0.938. The number of aliphatic hydroxyl groups is 1. The fourth-order valence-corrected chi connectivity index (χ4v) is 7.48. The van der Waals surface area contributed by atoms with Crippen molar-refractivity contribution in [1.29, 1.82) is 0 Å². The quantitative estimate of drug-likeness (QED) is 0.286. The summed E-state index contributed by atoms with van der Waals surface area (Å²) < 4.78 is 0.826. The number of rotatable bonds is 7. The van der Waals surface area contributed by atoms with Crippen LogP contribution in [0.15, 0.2) is 79.4 Å². The molecule has 2 aliphatic rings. The van der Waals surface area contributed by atoms with E-state index in [9.17, 15) is 15.0 Å². The number of benzene rings is 3. The molecule has 5 heteroatoms. The van der Waals surface area contributed by atoms with Crippen molar-refractivity contribution in [3.63, 3.8) is 0 Å². The van der Waals surface area contributed by atoms with Crippen molar-refractivity contribution >= 4 is 16.7 Å². The molecule has 1 aliphatic heterocycles. The van der Waals surface area contributed by atoms with E-state index in [2.05, 4.69) is 25.7 Å². The van der Waals surface area contributed by atoms with E-state index >= 15 is 0 Å². The average Bonchev–Trinajstić information content (AvgIpc) is 2.88. The molecule has 5 nitrogen and oxygen atoms in total. The number of quaternary nitrogens is 1. The molecule has 38 heavy (non-hydrogen) atoms. The van der Waals surface area contributed by atoms with Crippen molar-refractivity contribution in [3.8, 4) is 5.75 Å². The first-order valence-electron chi connectivity index (χ1n) is 14.0. The summed E-state index contributed by atoms with van der Waals surface area (Å²) in [7, 11) is 0. The van der Waals surface area contributed by atoms with Gasteiger partial charge in [-0.1, -0.05) is 62.9 Å². The number of carbonyl (C=O) groups excluding carboxylic acids is 1. The van der Waals surface area contributed by atoms with Crippen LogP contribution in [0.2, 0.25) is 0 Å². The van der Waals surface area contributed by atoms with Crippen LogP contribution in [0.5, 0.6) is 5.75 Å². The molecule has 1 unspecified atom stereocenters. The van der Waals surface area contributed by atoms with Crippen LogP contribution in [0.25, 0.3) is 10.8 Å². The fraction of sp³-hybridized carbons (Fsp3) is 0.424. The molecule has 1 aliphatic carbocycles. The molecule has 3 aromatic carbocycles. The highest BCUT2D eigenvalue weighted by Gasteiger charge is 2.62. The molecule has 4 atom stereocenters. The highest BCUT2D eigenvalue weighted by molar-refractivity contribution is 5.98. The molecule has 0 aromatic heterocycles. The van der Waals surface area contributed by atoms with Gasteiger partial charge in [0.05, 0.1) is 19.6 Å². The number of nitrogens with one attached hydrogen (secondary N) is 1. The number of hydrogen-bond acceptors (Lipinski definition) is 3. The van der Waals surface area contributed by atoms with E-state index in [4.69, 9.17) is 0 Å². The lowest BCUT2D eigenvalue weighted by Crippen LogP contribution is -2.72. The third-order valence-electron chi connectivity index (χ3n) is 9.02. The van der Waals surface area contributed by atoms with Crippen LogP contribution in [-0.4, -0.2) is 58.4 Å². The molecule has 200 valence electrons. The van der Waals surface area contributed by atoms with Gasteiger partial charge in [-0.2, -0.15) is 0 Å². The molecular formula is C33H41N2O3+. The Morgan fingerprint density at radius 1 is 1.11 bits per heavy atom. The van der Waals surface area contributed by atoms with Crippen molar-refractivity contribution in [2.75, 3.05) is 26.2 Å². The van der Waals surface area contributed by atoms with E-state index in [1.807, 2.05) is 66.7 Å². The fourth-order valence-electron chi connectivity index (χ4n) is 7.48. The molecule has 1 saturated heterocycles. The molecule has 3 aromatic rings. The lowest BCUT2D eigenvalue weighted by atomic mass is 9.54. The summed E-state index contributed by atoms with van der Waals surface area (Å²) in [5.41, 5.74) is 0.121. The van der Waals surface area contributed by atoms with E-state index in [1.165, 1.54) is 0 Å². The second-order valence-corrected chi connectivity index (χ2v) is 12.2. The zero-order valence-electron chi connectivity index (χ0n) is 22.7. The first-order valence-corrected chi connectivity index (χ1v) is 14.0. The summed E-state index contributed by atoms with van der Waals surface area (Å²) in [6.45, 7) is 11.9. The van der Waals surface area contributed by atoms with E-state index in [0.717, 1.165) is 46.9 Å². The second kappa shape index (κ2) is 10.2. The molecule has 0 radical (unpaired) electrons. The molecule has 1 amide bonds. The average molecular weight is 514 g/mol. The van der Waals surface area contributed by atoms with Crippen LogP contribution in [0, 0.1) is 5.92 Å². The minimum atomic E-state index is -0.943. The molecular weight excluding hydrogens is 472 g/mol. The van der Waals surface area contributed by atoms with Crippen molar-refractivity contribution < 1.29 is 19.5 Å². The Morgan fingerprint density at radius 3 is 2.63 bits per heavy atom. The summed E-state index contributed by atoms with van der Waals surface area (Å²) >= 11 is 0. The minimum absolute atomic E-state index is 0.0684.